The summed E-state index contributed by atoms with van der Waals surface area (Å²) >= 11 is 0. The van der Waals surface area contributed by atoms with Crippen molar-refractivity contribution < 1.29 is 0 Å². The van der Waals surface area contributed by atoms with E-state index in [4.69, 9.17) is 0 Å². The van der Waals surface area contributed by atoms with E-state index in [2.05, 4.69) is 20.8 Å². The molecular formula is C11H22. The quantitative estimate of drug-likeness (QED) is 0.579. The molecule has 2 unspecified atom stereocenters. The van der Waals surface area contributed by atoms with E-state index in [1.165, 1.54) is 32.1 Å². The largest absolute Gasteiger partial charge is 0.0651 e. The van der Waals surface area contributed by atoms with Gasteiger partial charge in [-0.15, -0.1) is 0 Å². The Kier molecular flexibility index (Phi) is 3.42. The Morgan fingerprint density at radius 1 is 0.818 bits per heavy atom. The van der Waals surface area contributed by atoms with Gasteiger partial charge in [-0.2, -0.15) is 0 Å². The van der Waals surface area contributed by atoms with Gasteiger partial charge < -0.3 is 0 Å². The first-order chi connectivity index (χ1) is 5.31. The Bertz CT molecular complexity index is 94.6. The van der Waals surface area contributed by atoms with Crippen LogP contribution in [0.4, 0.5) is 0 Å². The summed E-state index contributed by atoms with van der Waals surface area (Å²) in [4.78, 5) is 0. The molecule has 0 aromatic rings. The van der Waals surface area contributed by atoms with Crippen LogP contribution in [-0.4, -0.2) is 0 Å². The number of hydrogen-bond donors (Lipinski definition) is 0. The van der Waals surface area contributed by atoms with Crippen molar-refractivity contribution in [1.82, 2.24) is 0 Å². The highest BCUT2D eigenvalue weighted by atomic mass is 14.4. The highest BCUT2D eigenvalue weighted by molar-refractivity contribution is 4.81. The summed E-state index contributed by atoms with van der Waals surface area (Å²) in [6, 6.07) is 0. The molecule has 0 saturated heterocycles. The van der Waals surface area contributed by atoms with Crippen LogP contribution in [0.15, 0.2) is 0 Å². The molecule has 1 aliphatic rings. The van der Waals surface area contributed by atoms with Crippen LogP contribution in [0, 0.1) is 17.8 Å². The van der Waals surface area contributed by atoms with E-state index in [0.29, 0.717) is 0 Å². The zero-order chi connectivity index (χ0) is 8.27. The monoisotopic (exact) mass is 154 g/mol. The summed E-state index contributed by atoms with van der Waals surface area (Å²) in [5.41, 5.74) is 0. The lowest BCUT2D eigenvalue weighted by Gasteiger charge is -2.14. The predicted molar refractivity (Wildman–Crippen MR) is 50.6 cm³/mol. The van der Waals surface area contributed by atoms with Gasteiger partial charge in [-0.25, -0.2) is 0 Å². The van der Waals surface area contributed by atoms with Crippen molar-refractivity contribution >= 4 is 0 Å². The second-order valence-electron chi connectivity index (χ2n) is 4.08. The minimum Gasteiger partial charge on any atom is -0.0651 e. The molecule has 0 aliphatic heterocycles. The van der Waals surface area contributed by atoms with Crippen LogP contribution in [0.5, 0.6) is 0 Å². The third kappa shape index (κ3) is 1.98. The Balaban J connectivity index is 2.41. The Morgan fingerprint density at radius 2 is 1.27 bits per heavy atom. The number of hydrogen-bond acceptors (Lipinski definition) is 0. The lowest BCUT2D eigenvalue weighted by atomic mass is 9.92. The van der Waals surface area contributed by atoms with Crippen LogP contribution in [0.1, 0.15) is 52.9 Å². The zero-order valence-electron chi connectivity index (χ0n) is 8.27. The van der Waals surface area contributed by atoms with Crippen LogP contribution < -0.4 is 0 Å². The molecule has 1 rings (SSSR count). The summed E-state index contributed by atoms with van der Waals surface area (Å²) in [5, 5.41) is 0. The molecule has 0 nitrogen and oxygen atoms in total. The standard InChI is InChI=1S/C11H22/c1-4-9-7-10(5-2)11(6-3)8-9/h9-11H,4-8H2,1-3H3/t9?,10-,11?/m1/s1. The first-order valence-corrected chi connectivity index (χ1v) is 5.31. The van der Waals surface area contributed by atoms with Gasteiger partial charge in [0.1, 0.15) is 0 Å². The van der Waals surface area contributed by atoms with Crippen LogP contribution >= 0.6 is 0 Å². The van der Waals surface area contributed by atoms with Gasteiger partial charge in [0.25, 0.3) is 0 Å². The Labute approximate surface area is 71.4 Å². The molecule has 3 atom stereocenters. The van der Waals surface area contributed by atoms with E-state index < -0.39 is 0 Å². The molecular weight excluding hydrogens is 132 g/mol. The van der Waals surface area contributed by atoms with Gasteiger partial charge in [-0.1, -0.05) is 40.0 Å². The maximum absolute atomic E-state index is 2.35. The van der Waals surface area contributed by atoms with Gasteiger partial charge in [0.2, 0.25) is 0 Å². The molecule has 0 aromatic carbocycles. The second kappa shape index (κ2) is 4.13. The van der Waals surface area contributed by atoms with Crippen LogP contribution in [0.25, 0.3) is 0 Å². The molecule has 1 aliphatic carbocycles. The lowest BCUT2D eigenvalue weighted by molar-refractivity contribution is 0.367. The molecule has 0 aromatic heterocycles. The van der Waals surface area contributed by atoms with Crippen molar-refractivity contribution in [2.75, 3.05) is 0 Å². The van der Waals surface area contributed by atoms with Gasteiger partial charge in [-0.3, -0.25) is 0 Å². The van der Waals surface area contributed by atoms with Gasteiger partial charge in [0, 0.05) is 0 Å². The first kappa shape index (κ1) is 9.09. The minimum absolute atomic E-state index is 1.06. The van der Waals surface area contributed by atoms with E-state index in [-0.39, 0.29) is 0 Å². The molecule has 11 heavy (non-hydrogen) atoms. The van der Waals surface area contributed by atoms with Gasteiger partial charge in [0.05, 0.1) is 0 Å². The van der Waals surface area contributed by atoms with Crippen LogP contribution in [-0.2, 0) is 0 Å². The van der Waals surface area contributed by atoms with Gasteiger partial charge in [-0.05, 0) is 30.6 Å². The van der Waals surface area contributed by atoms with Crippen molar-refractivity contribution in [2.24, 2.45) is 17.8 Å². The van der Waals surface area contributed by atoms with E-state index in [9.17, 15) is 0 Å². The average molecular weight is 154 g/mol. The molecule has 0 spiro atoms. The van der Waals surface area contributed by atoms with Crippen molar-refractivity contribution in [3.8, 4) is 0 Å². The molecule has 0 heteroatoms. The summed E-state index contributed by atoms with van der Waals surface area (Å²) in [6.45, 7) is 7.05. The van der Waals surface area contributed by atoms with Crippen molar-refractivity contribution in [2.45, 2.75) is 52.9 Å². The fourth-order valence-electron chi connectivity index (χ4n) is 2.67. The molecule has 0 bridgehead atoms. The Hall–Kier alpha value is 0. The highest BCUT2D eigenvalue weighted by Crippen LogP contribution is 2.41. The Morgan fingerprint density at radius 3 is 1.55 bits per heavy atom. The summed E-state index contributed by atoms with van der Waals surface area (Å²) < 4.78 is 0. The summed E-state index contributed by atoms with van der Waals surface area (Å²) in [7, 11) is 0. The van der Waals surface area contributed by atoms with E-state index in [1.54, 1.807) is 0 Å². The molecule has 0 N–H and O–H groups in total. The maximum atomic E-state index is 2.35. The van der Waals surface area contributed by atoms with Crippen molar-refractivity contribution in [3.63, 3.8) is 0 Å². The molecule has 1 fully saturated rings. The topological polar surface area (TPSA) is 0 Å². The minimum atomic E-state index is 1.06. The SMILES string of the molecule is CCC1CC(CC)[C@H](CC)C1. The molecule has 0 amide bonds. The fraction of sp³-hybridized carbons (Fsp3) is 1.00. The van der Waals surface area contributed by atoms with Crippen LogP contribution in [0.3, 0.4) is 0 Å². The number of rotatable bonds is 3. The summed E-state index contributed by atoms with van der Waals surface area (Å²) in [5.74, 6) is 3.18. The van der Waals surface area contributed by atoms with Gasteiger partial charge >= 0.3 is 0 Å². The van der Waals surface area contributed by atoms with Crippen molar-refractivity contribution in [3.05, 3.63) is 0 Å². The van der Waals surface area contributed by atoms with Crippen LogP contribution in [0.2, 0.25) is 0 Å². The first-order valence-electron chi connectivity index (χ1n) is 5.31. The second-order valence-corrected chi connectivity index (χ2v) is 4.08. The highest BCUT2D eigenvalue weighted by Gasteiger charge is 2.30. The third-order valence-corrected chi connectivity index (χ3v) is 3.56. The van der Waals surface area contributed by atoms with E-state index >= 15 is 0 Å². The molecule has 0 radical (unpaired) electrons. The average Bonchev–Trinajstić information content (AvgIpc) is 2.46. The normalized spacial score (nSPS) is 37.9. The molecule has 0 heterocycles. The zero-order valence-corrected chi connectivity index (χ0v) is 8.27. The fourth-order valence-corrected chi connectivity index (χ4v) is 2.67. The predicted octanol–water partition coefficient (Wildman–Crippen LogP) is 3.86. The third-order valence-electron chi connectivity index (χ3n) is 3.56. The molecule has 1 saturated carbocycles. The van der Waals surface area contributed by atoms with Crippen molar-refractivity contribution in [1.29, 1.82) is 0 Å². The van der Waals surface area contributed by atoms with E-state index in [0.717, 1.165) is 17.8 Å². The van der Waals surface area contributed by atoms with Gasteiger partial charge in [0.15, 0.2) is 0 Å². The lowest BCUT2D eigenvalue weighted by Crippen LogP contribution is -2.04. The molecule has 66 valence electrons. The smallest absolute Gasteiger partial charge is 0.0386 e. The van der Waals surface area contributed by atoms with E-state index in [1.807, 2.05) is 0 Å². The summed E-state index contributed by atoms with van der Waals surface area (Å²) in [6.07, 6.45) is 7.27. The maximum Gasteiger partial charge on any atom is -0.0386 e.